The van der Waals surface area contributed by atoms with Crippen LogP contribution in [0, 0.1) is 0 Å². The fourth-order valence-corrected chi connectivity index (χ4v) is 2.70. The van der Waals surface area contributed by atoms with Crippen LogP contribution in [-0.4, -0.2) is 40.7 Å². The number of pyridine rings is 1. The van der Waals surface area contributed by atoms with Gasteiger partial charge in [0.25, 0.3) is 0 Å². The van der Waals surface area contributed by atoms with Crippen molar-refractivity contribution in [3.05, 3.63) is 28.5 Å². The van der Waals surface area contributed by atoms with Crippen molar-refractivity contribution in [3.63, 3.8) is 0 Å². The van der Waals surface area contributed by atoms with Crippen LogP contribution in [0.2, 0.25) is 0 Å². The fraction of sp³-hybridized carbons (Fsp3) is 0.625. The molecule has 2 rings (SSSR count). The zero-order chi connectivity index (χ0) is 16.2. The zero-order valence-corrected chi connectivity index (χ0v) is 15.0. The number of hydrogen-bond donors (Lipinski definition) is 1. The van der Waals surface area contributed by atoms with E-state index in [4.69, 9.17) is 4.74 Å². The second kappa shape index (κ2) is 7.42. The van der Waals surface area contributed by atoms with E-state index in [-0.39, 0.29) is 12.1 Å². The van der Waals surface area contributed by atoms with Gasteiger partial charge in [-0.1, -0.05) is 6.07 Å². The van der Waals surface area contributed by atoms with Gasteiger partial charge in [-0.25, -0.2) is 9.78 Å². The van der Waals surface area contributed by atoms with E-state index in [1.165, 1.54) is 5.56 Å². The fourth-order valence-electron chi connectivity index (χ4n) is 2.47. The summed E-state index contributed by atoms with van der Waals surface area (Å²) in [6.07, 6.45) is 3.48. The van der Waals surface area contributed by atoms with Crippen molar-refractivity contribution < 1.29 is 9.53 Å². The summed E-state index contributed by atoms with van der Waals surface area (Å²) in [5.74, 6) is 0. The summed E-state index contributed by atoms with van der Waals surface area (Å²) in [7, 11) is 0. The predicted octanol–water partition coefficient (Wildman–Crippen LogP) is 3.33. The minimum atomic E-state index is -0.445. The monoisotopic (exact) mass is 369 g/mol. The molecular formula is C16H24BrN3O2. The van der Waals surface area contributed by atoms with Gasteiger partial charge < -0.3 is 10.1 Å². The van der Waals surface area contributed by atoms with Gasteiger partial charge in [-0.2, -0.15) is 0 Å². The smallest absolute Gasteiger partial charge is 0.407 e. The lowest BCUT2D eigenvalue weighted by Crippen LogP contribution is -2.45. The van der Waals surface area contributed by atoms with Crippen molar-refractivity contribution in [1.29, 1.82) is 0 Å². The molecule has 1 fully saturated rings. The van der Waals surface area contributed by atoms with Crippen molar-refractivity contribution in [3.8, 4) is 0 Å². The number of aromatic nitrogens is 1. The number of amides is 1. The molecule has 0 aromatic carbocycles. The molecule has 0 saturated carbocycles. The van der Waals surface area contributed by atoms with Crippen LogP contribution in [0.4, 0.5) is 4.79 Å². The number of nitrogens with zero attached hydrogens (tertiary/aromatic N) is 2. The molecule has 1 aliphatic heterocycles. The summed E-state index contributed by atoms with van der Waals surface area (Å²) in [5.41, 5.74) is 0.765. The van der Waals surface area contributed by atoms with E-state index >= 15 is 0 Å². The first-order valence-corrected chi connectivity index (χ1v) is 8.43. The van der Waals surface area contributed by atoms with Crippen LogP contribution in [0.5, 0.6) is 0 Å². The molecule has 1 N–H and O–H groups in total. The molecule has 6 heteroatoms. The number of likely N-dealkylation sites (tertiary alicyclic amines) is 1. The summed E-state index contributed by atoms with van der Waals surface area (Å²) in [6, 6.07) is 4.25. The van der Waals surface area contributed by atoms with Crippen LogP contribution in [0.25, 0.3) is 0 Å². The summed E-state index contributed by atoms with van der Waals surface area (Å²) in [4.78, 5) is 18.4. The van der Waals surface area contributed by atoms with Crippen molar-refractivity contribution >= 4 is 22.0 Å². The van der Waals surface area contributed by atoms with E-state index in [1.807, 2.05) is 33.0 Å². The molecule has 0 bridgehead atoms. The molecular weight excluding hydrogens is 346 g/mol. The van der Waals surface area contributed by atoms with Gasteiger partial charge in [0.05, 0.1) is 0 Å². The Morgan fingerprint density at radius 1 is 1.41 bits per heavy atom. The Kier molecular flexibility index (Phi) is 5.81. The first-order chi connectivity index (χ1) is 10.3. The highest BCUT2D eigenvalue weighted by molar-refractivity contribution is 9.10. The average Bonchev–Trinajstić information content (AvgIpc) is 2.41. The van der Waals surface area contributed by atoms with Crippen LogP contribution in [0.3, 0.4) is 0 Å². The molecule has 0 radical (unpaired) electrons. The van der Waals surface area contributed by atoms with E-state index in [0.29, 0.717) is 0 Å². The maximum Gasteiger partial charge on any atom is 0.407 e. The largest absolute Gasteiger partial charge is 0.444 e. The normalized spacial score (nSPS) is 17.3. The average molecular weight is 370 g/mol. The third-order valence-corrected chi connectivity index (χ3v) is 3.97. The lowest BCUT2D eigenvalue weighted by Gasteiger charge is -2.32. The molecule has 1 amide bonds. The van der Waals surface area contributed by atoms with Crippen LogP contribution >= 0.6 is 15.9 Å². The number of carbonyl (C=O) groups excluding carboxylic acids is 1. The van der Waals surface area contributed by atoms with Crippen LogP contribution in [-0.2, 0) is 11.3 Å². The van der Waals surface area contributed by atoms with Crippen molar-refractivity contribution in [2.45, 2.75) is 51.8 Å². The molecule has 0 aliphatic carbocycles. The van der Waals surface area contributed by atoms with Crippen molar-refractivity contribution in [2.75, 3.05) is 13.1 Å². The highest BCUT2D eigenvalue weighted by Gasteiger charge is 2.23. The van der Waals surface area contributed by atoms with Gasteiger partial charge in [0, 0.05) is 31.9 Å². The second-order valence-corrected chi connectivity index (χ2v) is 7.50. The topological polar surface area (TPSA) is 54.5 Å². The molecule has 122 valence electrons. The first kappa shape index (κ1) is 17.2. The molecule has 0 spiro atoms. The third-order valence-electron chi connectivity index (χ3n) is 3.50. The SMILES string of the molecule is CC(C)(C)OC(=O)NC1CCN(Cc2ccc(Br)nc2)CC1. The maximum atomic E-state index is 11.8. The van der Waals surface area contributed by atoms with Crippen molar-refractivity contribution in [2.24, 2.45) is 0 Å². The summed E-state index contributed by atoms with van der Waals surface area (Å²) >= 11 is 3.35. The predicted molar refractivity (Wildman–Crippen MR) is 89.6 cm³/mol. The molecule has 1 aromatic rings. The van der Waals surface area contributed by atoms with E-state index in [2.05, 4.69) is 37.2 Å². The Hall–Kier alpha value is -1.14. The van der Waals surface area contributed by atoms with E-state index in [0.717, 1.165) is 37.1 Å². The molecule has 1 saturated heterocycles. The molecule has 0 unspecified atom stereocenters. The number of rotatable bonds is 3. The van der Waals surface area contributed by atoms with Crippen molar-refractivity contribution in [1.82, 2.24) is 15.2 Å². The van der Waals surface area contributed by atoms with Crippen LogP contribution in [0.15, 0.2) is 22.9 Å². The third kappa shape index (κ3) is 5.93. The van der Waals surface area contributed by atoms with Crippen LogP contribution < -0.4 is 5.32 Å². The summed E-state index contributed by atoms with van der Waals surface area (Å²) in [5, 5.41) is 2.96. The van der Waals surface area contributed by atoms with Gasteiger partial charge in [0.15, 0.2) is 0 Å². The Morgan fingerprint density at radius 3 is 2.64 bits per heavy atom. The lowest BCUT2D eigenvalue weighted by molar-refractivity contribution is 0.0477. The Bertz CT molecular complexity index is 491. The molecule has 5 nitrogen and oxygen atoms in total. The maximum absolute atomic E-state index is 11.8. The molecule has 2 heterocycles. The highest BCUT2D eigenvalue weighted by atomic mass is 79.9. The Labute approximate surface area is 140 Å². The number of carbonyl (C=O) groups is 1. The minimum absolute atomic E-state index is 0.203. The summed E-state index contributed by atoms with van der Waals surface area (Å²) in [6.45, 7) is 8.47. The number of ether oxygens (including phenoxy) is 1. The first-order valence-electron chi connectivity index (χ1n) is 7.64. The second-order valence-electron chi connectivity index (χ2n) is 6.69. The minimum Gasteiger partial charge on any atom is -0.444 e. The van der Waals surface area contributed by atoms with Gasteiger partial charge in [0.2, 0.25) is 0 Å². The van der Waals surface area contributed by atoms with Gasteiger partial charge in [-0.15, -0.1) is 0 Å². The molecule has 1 aliphatic rings. The Morgan fingerprint density at radius 2 is 2.09 bits per heavy atom. The summed E-state index contributed by atoms with van der Waals surface area (Å²) < 4.78 is 6.16. The molecule has 1 aromatic heterocycles. The van der Waals surface area contributed by atoms with Gasteiger partial charge >= 0.3 is 6.09 Å². The number of hydrogen-bond acceptors (Lipinski definition) is 4. The lowest BCUT2D eigenvalue weighted by atomic mass is 10.0. The zero-order valence-electron chi connectivity index (χ0n) is 13.4. The van der Waals surface area contributed by atoms with Gasteiger partial charge in [0.1, 0.15) is 10.2 Å². The number of halogens is 1. The highest BCUT2D eigenvalue weighted by Crippen LogP contribution is 2.15. The number of piperidine rings is 1. The molecule has 0 atom stereocenters. The van der Waals surface area contributed by atoms with E-state index < -0.39 is 5.60 Å². The van der Waals surface area contributed by atoms with E-state index in [1.54, 1.807) is 0 Å². The number of alkyl carbamates (subject to hydrolysis) is 1. The van der Waals surface area contributed by atoms with E-state index in [9.17, 15) is 4.79 Å². The van der Waals surface area contributed by atoms with Gasteiger partial charge in [-0.05, 0) is 61.2 Å². The quantitative estimate of drug-likeness (QED) is 0.830. The van der Waals surface area contributed by atoms with Crippen LogP contribution in [0.1, 0.15) is 39.2 Å². The Balaban J connectivity index is 1.73. The standard InChI is InChI=1S/C16H24BrN3O2/c1-16(2,3)22-15(21)19-13-6-8-20(9-7-13)11-12-4-5-14(17)18-10-12/h4-5,10,13H,6-9,11H2,1-3H3,(H,19,21). The van der Waals surface area contributed by atoms with Gasteiger partial charge in [-0.3, -0.25) is 4.90 Å². The molecule has 22 heavy (non-hydrogen) atoms. The number of nitrogens with one attached hydrogen (secondary N) is 1.